The first-order valence-corrected chi connectivity index (χ1v) is 7.38. The Balaban J connectivity index is 2.27. The highest BCUT2D eigenvalue weighted by Gasteiger charge is 2.48. The van der Waals surface area contributed by atoms with Crippen molar-refractivity contribution in [3.05, 3.63) is 15.6 Å². The van der Waals surface area contributed by atoms with Gasteiger partial charge >= 0.3 is 6.18 Å². The van der Waals surface area contributed by atoms with E-state index in [9.17, 15) is 18.0 Å². The summed E-state index contributed by atoms with van der Waals surface area (Å²) in [5.41, 5.74) is 0.525. The molecule has 0 unspecified atom stereocenters. The average Bonchev–Trinajstić information content (AvgIpc) is 2.93. The van der Waals surface area contributed by atoms with Gasteiger partial charge in [-0.3, -0.25) is 4.79 Å². The SMILES string of the molecule is Cc1nc(C(C)C)sc1C(=O)N1CCC[C@H]1C(F)(F)F. The Bertz CT molecular complexity index is 510. The molecule has 1 atom stereocenters. The van der Waals surface area contributed by atoms with Crippen molar-refractivity contribution in [2.45, 2.75) is 51.7 Å². The number of hydrogen-bond donors (Lipinski definition) is 0. The van der Waals surface area contributed by atoms with Gasteiger partial charge in [0.1, 0.15) is 10.9 Å². The van der Waals surface area contributed by atoms with E-state index in [1.54, 1.807) is 6.92 Å². The zero-order chi connectivity index (χ0) is 15.1. The molecule has 2 rings (SSSR count). The summed E-state index contributed by atoms with van der Waals surface area (Å²) in [5.74, 6) is -0.371. The van der Waals surface area contributed by atoms with Gasteiger partial charge in [-0.15, -0.1) is 11.3 Å². The van der Waals surface area contributed by atoms with Crippen LogP contribution in [0.25, 0.3) is 0 Å². The number of carbonyl (C=O) groups is 1. The molecule has 1 aliphatic heterocycles. The van der Waals surface area contributed by atoms with E-state index in [0.29, 0.717) is 17.0 Å². The van der Waals surface area contributed by atoms with Crippen molar-refractivity contribution in [1.29, 1.82) is 0 Å². The van der Waals surface area contributed by atoms with Crippen LogP contribution in [-0.4, -0.2) is 34.6 Å². The molecule has 112 valence electrons. The fraction of sp³-hybridized carbons (Fsp3) is 0.692. The molecular formula is C13H17F3N2OS. The number of halogens is 3. The summed E-state index contributed by atoms with van der Waals surface area (Å²) >= 11 is 1.21. The number of hydrogen-bond acceptors (Lipinski definition) is 3. The Morgan fingerprint density at radius 1 is 1.45 bits per heavy atom. The molecule has 1 aromatic heterocycles. The quantitative estimate of drug-likeness (QED) is 0.834. The van der Waals surface area contributed by atoms with Crippen molar-refractivity contribution in [3.8, 4) is 0 Å². The lowest BCUT2D eigenvalue weighted by molar-refractivity contribution is -0.169. The van der Waals surface area contributed by atoms with Gasteiger partial charge in [-0.05, 0) is 19.8 Å². The lowest BCUT2D eigenvalue weighted by Gasteiger charge is -2.26. The van der Waals surface area contributed by atoms with E-state index in [0.717, 1.165) is 9.91 Å². The van der Waals surface area contributed by atoms with E-state index < -0.39 is 18.1 Å². The van der Waals surface area contributed by atoms with E-state index in [4.69, 9.17) is 0 Å². The topological polar surface area (TPSA) is 33.2 Å². The Labute approximate surface area is 119 Å². The largest absolute Gasteiger partial charge is 0.408 e. The Hall–Kier alpha value is -1.11. The highest BCUT2D eigenvalue weighted by molar-refractivity contribution is 7.13. The van der Waals surface area contributed by atoms with Crippen LogP contribution in [-0.2, 0) is 0 Å². The van der Waals surface area contributed by atoms with Crippen LogP contribution in [0, 0.1) is 6.92 Å². The third kappa shape index (κ3) is 2.82. The molecule has 0 aromatic carbocycles. The third-order valence-electron chi connectivity index (χ3n) is 3.39. The molecule has 3 nitrogen and oxygen atoms in total. The van der Waals surface area contributed by atoms with Crippen LogP contribution in [0.4, 0.5) is 13.2 Å². The second-order valence-electron chi connectivity index (χ2n) is 5.32. The van der Waals surface area contributed by atoms with Crippen LogP contribution in [0.5, 0.6) is 0 Å². The normalized spacial score (nSPS) is 19.9. The first-order valence-electron chi connectivity index (χ1n) is 6.56. The molecule has 1 fully saturated rings. The highest BCUT2D eigenvalue weighted by Crippen LogP contribution is 2.35. The summed E-state index contributed by atoms with van der Waals surface area (Å²) in [6.07, 6.45) is -3.97. The van der Waals surface area contributed by atoms with Crippen LogP contribution in [0.1, 0.15) is 53.0 Å². The number of likely N-dealkylation sites (tertiary alicyclic amines) is 1. The predicted octanol–water partition coefficient (Wildman–Crippen LogP) is 3.74. The van der Waals surface area contributed by atoms with Crippen molar-refractivity contribution in [1.82, 2.24) is 9.88 Å². The minimum Gasteiger partial charge on any atom is -0.326 e. The van der Waals surface area contributed by atoms with Gasteiger partial charge in [0.05, 0.1) is 10.7 Å². The molecule has 1 amide bonds. The molecule has 0 N–H and O–H groups in total. The standard InChI is InChI=1S/C13H17F3N2OS/c1-7(2)11-17-8(3)10(20-11)12(19)18-6-4-5-9(18)13(14,15)16/h7,9H,4-6H2,1-3H3/t9-/m0/s1. The number of aryl methyl sites for hydroxylation is 1. The molecule has 0 saturated carbocycles. The van der Waals surface area contributed by atoms with Gasteiger partial charge in [0.25, 0.3) is 5.91 Å². The maximum absolute atomic E-state index is 12.9. The van der Waals surface area contributed by atoms with Crippen LogP contribution >= 0.6 is 11.3 Å². The molecule has 20 heavy (non-hydrogen) atoms. The molecule has 1 aliphatic rings. The van der Waals surface area contributed by atoms with Gasteiger partial charge in [0.2, 0.25) is 0 Å². The number of carbonyl (C=O) groups excluding carboxylic acids is 1. The summed E-state index contributed by atoms with van der Waals surface area (Å²) in [6.45, 7) is 5.73. The molecule has 1 aromatic rings. The van der Waals surface area contributed by atoms with Gasteiger partial charge in [0, 0.05) is 12.5 Å². The van der Waals surface area contributed by atoms with E-state index in [1.165, 1.54) is 11.3 Å². The summed E-state index contributed by atoms with van der Waals surface area (Å²) in [5, 5.41) is 0.786. The zero-order valence-corrected chi connectivity index (χ0v) is 12.4. The maximum atomic E-state index is 12.9. The van der Waals surface area contributed by atoms with Gasteiger partial charge in [0.15, 0.2) is 0 Å². The fourth-order valence-corrected chi connectivity index (χ4v) is 3.37. The Morgan fingerprint density at radius 2 is 2.10 bits per heavy atom. The maximum Gasteiger partial charge on any atom is 0.408 e. The number of thiazole rings is 1. The number of aromatic nitrogens is 1. The smallest absolute Gasteiger partial charge is 0.326 e. The van der Waals surface area contributed by atoms with Gasteiger partial charge in [-0.25, -0.2) is 4.98 Å². The summed E-state index contributed by atoms with van der Waals surface area (Å²) in [7, 11) is 0. The summed E-state index contributed by atoms with van der Waals surface area (Å²) in [4.78, 5) is 17.9. The first kappa shape index (κ1) is 15.3. The molecule has 7 heteroatoms. The third-order valence-corrected chi connectivity index (χ3v) is 4.84. The van der Waals surface area contributed by atoms with Gasteiger partial charge in [-0.1, -0.05) is 13.8 Å². The Morgan fingerprint density at radius 3 is 2.60 bits per heavy atom. The van der Waals surface area contributed by atoms with Crippen LogP contribution in [0.15, 0.2) is 0 Å². The first-order chi connectivity index (χ1) is 9.21. The Kier molecular flexibility index (Phi) is 4.09. The van der Waals surface area contributed by atoms with E-state index in [1.807, 2.05) is 13.8 Å². The minimum atomic E-state index is -4.36. The number of rotatable bonds is 2. The molecule has 2 heterocycles. The van der Waals surface area contributed by atoms with E-state index >= 15 is 0 Å². The number of amides is 1. The molecule has 0 aliphatic carbocycles. The van der Waals surface area contributed by atoms with Crippen molar-refractivity contribution < 1.29 is 18.0 Å². The molecule has 0 radical (unpaired) electrons. The predicted molar refractivity (Wildman–Crippen MR) is 71.1 cm³/mol. The average molecular weight is 306 g/mol. The van der Waals surface area contributed by atoms with Crippen molar-refractivity contribution in [2.75, 3.05) is 6.54 Å². The highest BCUT2D eigenvalue weighted by atomic mass is 32.1. The zero-order valence-electron chi connectivity index (χ0n) is 11.6. The van der Waals surface area contributed by atoms with Gasteiger partial charge < -0.3 is 4.90 Å². The summed E-state index contributed by atoms with van der Waals surface area (Å²) < 4.78 is 38.7. The summed E-state index contributed by atoms with van der Waals surface area (Å²) in [6, 6.07) is -1.65. The number of nitrogens with zero attached hydrogens (tertiary/aromatic N) is 2. The van der Waals surface area contributed by atoms with Crippen LogP contribution < -0.4 is 0 Å². The van der Waals surface area contributed by atoms with Crippen molar-refractivity contribution in [3.63, 3.8) is 0 Å². The van der Waals surface area contributed by atoms with Crippen molar-refractivity contribution in [2.24, 2.45) is 0 Å². The fourth-order valence-electron chi connectivity index (χ4n) is 2.34. The molecular weight excluding hydrogens is 289 g/mol. The molecule has 0 spiro atoms. The molecule has 0 bridgehead atoms. The number of alkyl halides is 3. The van der Waals surface area contributed by atoms with Crippen LogP contribution in [0.3, 0.4) is 0 Å². The monoisotopic (exact) mass is 306 g/mol. The van der Waals surface area contributed by atoms with E-state index in [-0.39, 0.29) is 18.9 Å². The molecule has 1 saturated heterocycles. The van der Waals surface area contributed by atoms with Crippen molar-refractivity contribution >= 4 is 17.2 Å². The van der Waals surface area contributed by atoms with Gasteiger partial charge in [-0.2, -0.15) is 13.2 Å². The van der Waals surface area contributed by atoms with E-state index in [2.05, 4.69) is 4.98 Å². The second kappa shape index (κ2) is 5.35. The lowest BCUT2D eigenvalue weighted by Crippen LogP contribution is -2.44. The van der Waals surface area contributed by atoms with Crippen LogP contribution in [0.2, 0.25) is 0 Å². The lowest BCUT2D eigenvalue weighted by atomic mass is 10.2. The minimum absolute atomic E-state index is 0.00979. The second-order valence-corrected chi connectivity index (χ2v) is 6.35.